The van der Waals surface area contributed by atoms with Crippen molar-refractivity contribution in [3.8, 4) is 5.75 Å². The Morgan fingerprint density at radius 3 is 2.67 bits per heavy atom. The Kier molecular flexibility index (Phi) is 4.49. The maximum absolute atomic E-state index is 12.7. The van der Waals surface area contributed by atoms with Crippen LogP contribution in [0.1, 0.15) is 43.6 Å². The van der Waals surface area contributed by atoms with Crippen LogP contribution in [0.2, 0.25) is 0 Å². The molecular weight excluding hydrogens is 382 g/mol. The fourth-order valence-electron chi connectivity index (χ4n) is 3.91. The van der Waals surface area contributed by atoms with Gasteiger partial charge in [-0.1, -0.05) is 12.5 Å². The van der Waals surface area contributed by atoms with E-state index in [0.717, 1.165) is 24.3 Å². The second-order valence-corrected chi connectivity index (χ2v) is 8.23. The van der Waals surface area contributed by atoms with Crippen molar-refractivity contribution in [1.82, 2.24) is 14.8 Å². The van der Waals surface area contributed by atoms with Gasteiger partial charge >= 0.3 is 0 Å². The number of anilines is 3. The highest BCUT2D eigenvalue weighted by molar-refractivity contribution is 5.98. The van der Waals surface area contributed by atoms with Crippen molar-refractivity contribution in [2.75, 3.05) is 17.7 Å². The predicted octanol–water partition coefficient (Wildman–Crippen LogP) is 3.63. The van der Waals surface area contributed by atoms with Crippen LogP contribution < -0.4 is 20.9 Å². The first-order chi connectivity index (χ1) is 14.5. The number of amides is 1. The molecule has 0 saturated heterocycles. The van der Waals surface area contributed by atoms with Crippen LogP contribution >= 0.6 is 0 Å². The normalized spacial score (nSPS) is 16.3. The van der Waals surface area contributed by atoms with Gasteiger partial charge in [-0.3, -0.25) is 19.4 Å². The van der Waals surface area contributed by atoms with Crippen molar-refractivity contribution in [1.29, 1.82) is 0 Å². The molecule has 3 N–H and O–H groups in total. The minimum atomic E-state index is -0.190. The molecule has 5 rings (SSSR count). The van der Waals surface area contributed by atoms with Crippen molar-refractivity contribution < 1.29 is 9.53 Å². The van der Waals surface area contributed by atoms with Gasteiger partial charge in [0.05, 0.1) is 18.5 Å². The number of fused-ring (bicyclic) bond motifs is 1. The Morgan fingerprint density at radius 1 is 1.20 bits per heavy atom. The molecule has 0 radical (unpaired) electrons. The van der Waals surface area contributed by atoms with E-state index in [9.17, 15) is 9.59 Å². The van der Waals surface area contributed by atoms with Gasteiger partial charge in [0.1, 0.15) is 17.0 Å². The van der Waals surface area contributed by atoms with E-state index in [1.807, 2.05) is 6.07 Å². The number of carbonyl (C=O) groups is 1. The van der Waals surface area contributed by atoms with Crippen molar-refractivity contribution >= 4 is 34.1 Å². The lowest BCUT2D eigenvalue weighted by Crippen LogP contribution is -2.15. The van der Waals surface area contributed by atoms with E-state index >= 15 is 0 Å². The average molecular weight is 407 g/mol. The number of methoxy groups -OCH3 is 1. The molecule has 2 heterocycles. The molecule has 2 aliphatic carbocycles. The number of aromatic amines is 1. The zero-order chi connectivity index (χ0) is 20.8. The van der Waals surface area contributed by atoms with Gasteiger partial charge in [-0.15, -0.1) is 0 Å². The number of nitrogens with one attached hydrogen (secondary N) is 3. The van der Waals surface area contributed by atoms with Crippen molar-refractivity contribution in [2.24, 2.45) is 13.0 Å². The number of benzene rings is 1. The minimum absolute atomic E-state index is 0.0338. The number of hydrogen-bond acceptors (Lipinski definition) is 5. The van der Waals surface area contributed by atoms with E-state index < -0.39 is 0 Å². The van der Waals surface area contributed by atoms with Gasteiger partial charge in [0.25, 0.3) is 5.56 Å². The Morgan fingerprint density at radius 2 is 2.00 bits per heavy atom. The minimum Gasteiger partial charge on any atom is -0.495 e. The standard InChI is InChI=1S/C22H25N5O3/c1-27-22(29)19-16(11-18(24-20(19)26-27)25-21(28)13-6-7-13)23-15-9-8-14(10-17(15)30-2)12-4-3-5-12/h8-13H,3-7H2,1-2H3,(H3,23,24,25,26,28). The summed E-state index contributed by atoms with van der Waals surface area (Å²) in [5.41, 5.74) is 2.84. The molecule has 2 fully saturated rings. The van der Waals surface area contributed by atoms with E-state index in [4.69, 9.17) is 4.74 Å². The third kappa shape index (κ3) is 3.32. The number of ether oxygens (including phenoxy) is 1. The first-order valence-corrected chi connectivity index (χ1v) is 10.4. The number of aryl methyl sites for hydroxylation is 1. The zero-order valence-corrected chi connectivity index (χ0v) is 17.1. The Labute approximate surface area is 173 Å². The summed E-state index contributed by atoms with van der Waals surface area (Å²) in [4.78, 5) is 29.3. The monoisotopic (exact) mass is 407 g/mol. The fourth-order valence-corrected chi connectivity index (χ4v) is 3.91. The molecule has 0 unspecified atom stereocenters. The molecule has 1 aromatic carbocycles. The summed E-state index contributed by atoms with van der Waals surface area (Å²) in [6, 6.07) is 7.86. The Balaban J connectivity index is 1.53. The number of H-pyrrole nitrogens is 1. The largest absolute Gasteiger partial charge is 0.495 e. The van der Waals surface area contributed by atoms with Gasteiger partial charge in [-0.05, 0) is 49.3 Å². The maximum atomic E-state index is 12.7. The zero-order valence-electron chi connectivity index (χ0n) is 17.1. The molecule has 8 nitrogen and oxygen atoms in total. The van der Waals surface area contributed by atoms with E-state index in [1.54, 1.807) is 20.2 Å². The van der Waals surface area contributed by atoms with Crippen molar-refractivity contribution in [3.05, 3.63) is 40.2 Å². The fraction of sp³-hybridized carbons (Fsp3) is 0.409. The molecule has 2 aliphatic rings. The lowest BCUT2D eigenvalue weighted by atomic mass is 9.80. The van der Waals surface area contributed by atoms with Gasteiger partial charge < -0.3 is 15.4 Å². The van der Waals surface area contributed by atoms with Crippen LogP contribution in [0.15, 0.2) is 29.1 Å². The van der Waals surface area contributed by atoms with E-state index in [2.05, 4.69) is 32.8 Å². The van der Waals surface area contributed by atoms with E-state index in [1.165, 1.54) is 29.5 Å². The maximum Gasteiger partial charge on any atom is 0.277 e. The van der Waals surface area contributed by atoms with Crippen LogP contribution in [0.4, 0.5) is 17.2 Å². The molecule has 1 amide bonds. The smallest absolute Gasteiger partial charge is 0.277 e. The van der Waals surface area contributed by atoms with Crippen LogP contribution in [-0.4, -0.2) is 27.8 Å². The topological polar surface area (TPSA) is 101 Å². The lowest BCUT2D eigenvalue weighted by molar-refractivity contribution is -0.117. The average Bonchev–Trinajstić information content (AvgIpc) is 3.48. The molecule has 8 heteroatoms. The number of hydrogen-bond donors (Lipinski definition) is 3. The molecule has 2 saturated carbocycles. The molecule has 0 bridgehead atoms. The number of aromatic nitrogens is 3. The first-order valence-electron chi connectivity index (χ1n) is 10.4. The second kappa shape index (κ2) is 7.19. The SMILES string of the molecule is COc1cc(C2CCC2)ccc1Nc1cc(NC(=O)C2CC2)nc2[nH]n(C)c(=O)c12. The second-order valence-electron chi connectivity index (χ2n) is 8.23. The molecule has 156 valence electrons. The molecule has 30 heavy (non-hydrogen) atoms. The van der Waals surface area contributed by atoms with Gasteiger partial charge in [0.2, 0.25) is 5.91 Å². The molecule has 0 spiro atoms. The van der Waals surface area contributed by atoms with Crippen molar-refractivity contribution in [3.63, 3.8) is 0 Å². The summed E-state index contributed by atoms with van der Waals surface area (Å²) in [5, 5.41) is 9.58. The van der Waals surface area contributed by atoms with Gasteiger partial charge in [-0.2, -0.15) is 0 Å². The van der Waals surface area contributed by atoms with Crippen LogP contribution in [0.5, 0.6) is 5.75 Å². The number of rotatable bonds is 6. The highest BCUT2D eigenvalue weighted by atomic mass is 16.5. The Hall–Kier alpha value is -3.29. The number of carbonyl (C=O) groups excluding carboxylic acids is 1. The highest BCUT2D eigenvalue weighted by Crippen LogP contribution is 2.40. The van der Waals surface area contributed by atoms with Gasteiger partial charge in [0, 0.05) is 19.0 Å². The summed E-state index contributed by atoms with van der Waals surface area (Å²) in [6.45, 7) is 0. The van der Waals surface area contributed by atoms with Gasteiger partial charge in [0.15, 0.2) is 5.65 Å². The molecule has 0 aliphatic heterocycles. The molecular formula is C22H25N5O3. The number of nitrogens with zero attached hydrogens (tertiary/aromatic N) is 2. The van der Waals surface area contributed by atoms with Crippen LogP contribution in [-0.2, 0) is 11.8 Å². The van der Waals surface area contributed by atoms with Gasteiger partial charge in [-0.25, -0.2) is 4.98 Å². The van der Waals surface area contributed by atoms with E-state index in [-0.39, 0.29) is 17.4 Å². The quantitative estimate of drug-likeness (QED) is 0.579. The lowest BCUT2D eigenvalue weighted by Gasteiger charge is -2.26. The van der Waals surface area contributed by atoms with Crippen molar-refractivity contribution in [2.45, 2.75) is 38.0 Å². The van der Waals surface area contributed by atoms with Crippen LogP contribution in [0, 0.1) is 5.92 Å². The molecule has 2 aromatic heterocycles. The van der Waals surface area contributed by atoms with E-state index in [0.29, 0.717) is 28.5 Å². The molecule has 0 atom stereocenters. The molecule has 3 aromatic rings. The Bertz CT molecular complexity index is 1190. The third-order valence-corrected chi connectivity index (χ3v) is 6.08. The highest BCUT2D eigenvalue weighted by Gasteiger charge is 2.30. The third-order valence-electron chi connectivity index (χ3n) is 6.08. The first kappa shape index (κ1) is 18.7. The van der Waals surface area contributed by atoms with Crippen LogP contribution in [0.3, 0.4) is 0 Å². The predicted molar refractivity (Wildman–Crippen MR) is 116 cm³/mol. The number of pyridine rings is 1. The summed E-state index contributed by atoms with van der Waals surface area (Å²) >= 11 is 0. The summed E-state index contributed by atoms with van der Waals surface area (Å²) in [6.07, 6.45) is 5.51. The summed E-state index contributed by atoms with van der Waals surface area (Å²) in [7, 11) is 3.29. The summed E-state index contributed by atoms with van der Waals surface area (Å²) in [5.74, 6) is 1.76. The summed E-state index contributed by atoms with van der Waals surface area (Å²) < 4.78 is 7.00. The van der Waals surface area contributed by atoms with Crippen LogP contribution in [0.25, 0.3) is 11.0 Å².